The molecular formula is C16H29N3S. The van der Waals surface area contributed by atoms with Gasteiger partial charge in [-0.3, -0.25) is 4.68 Å². The number of hydrogen-bond donors (Lipinski definition) is 1. The van der Waals surface area contributed by atoms with E-state index in [0.29, 0.717) is 12.1 Å². The smallest absolute Gasteiger partial charge is 0.0640 e. The van der Waals surface area contributed by atoms with Gasteiger partial charge in [-0.05, 0) is 44.0 Å². The van der Waals surface area contributed by atoms with Gasteiger partial charge in [0.25, 0.3) is 0 Å². The van der Waals surface area contributed by atoms with E-state index >= 15 is 0 Å². The molecule has 0 aliphatic carbocycles. The molecule has 1 aliphatic heterocycles. The molecule has 2 rings (SSSR count). The van der Waals surface area contributed by atoms with Crippen molar-refractivity contribution in [1.29, 1.82) is 0 Å². The fourth-order valence-corrected chi connectivity index (χ4v) is 4.49. The lowest BCUT2D eigenvalue weighted by atomic mass is 10.0. The highest BCUT2D eigenvalue weighted by atomic mass is 32.2. The first-order chi connectivity index (χ1) is 9.78. The summed E-state index contributed by atoms with van der Waals surface area (Å²) in [6.45, 7) is 7.74. The second-order valence-corrected chi connectivity index (χ2v) is 7.02. The van der Waals surface area contributed by atoms with Crippen LogP contribution >= 0.6 is 11.8 Å². The van der Waals surface area contributed by atoms with E-state index in [0.717, 1.165) is 31.1 Å². The summed E-state index contributed by atoms with van der Waals surface area (Å²) in [5.41, 5.74) is 1.25. The molecule has 1 aliphatic rings. The van der Waals surface area contributed by atoms with Crippen molar-refractivity contribution in [3.63, 3.8) is 0 Å². The zero-order chi connectivity index (χ0) is 14.4. The molecule has 0 radical (unpaired) electrons. The van der Waals surface area contributed by atoms with Crippen LogP contribution in [0.1, 0.15) is 58.2 Å². The lowest BCUT2D eigenvalue weighted by molar-refractivity contribution is 0.420. The number of likely N-dealkylation sites (N-methyl/N-ethyl adjacent to an activating group) is 1. The van der Waals surface area contributed by atoms with Crippen molar-refractivity contribution in [1.82, 2.24) is 15.1 Å². The van der Waals surface area contributed by atoms with Gasteiger partial charge in [-0.25, -0.2) is 0 Å². The molecule has 1 N–H and O–H groups in total. The molecule has 0 saturated carbocycles. The minimum Gasteiger partial charge on any atom is -0.313 e. The van der Waals surface area contributed by atoms with E-state index in [9.17, 15) is 0 Å². The first-order valence-electron chi connectivity index (χ1n) is 8.17. The molecule has 2 heterocycles. The van der Waals surface area contributed by atoms with Crippen LogP contribution in [0.4, 0.5) is 0 Å². The third-order valence-electron chi connectivity index (χ3n) is 4.29. The minimum absolute atomic E-state index is 0.558. The molecule has 1 aromatic heterocycles. The highest BCUT2D eigenvalue weighted by molar-refractivity contribution is 8.00. The molecule has 2 unspecified atom stereocenters. The first kappa shape index (κ1) is 15.9. The Balaban J connectivity index is 1.99. The van der Waals surface area contributed by atoms with Crippen molar-refractivity contribution in [2.24, 2.45) is 0 Å². The minimum atomic E-state index is 0.558. The predicted molar refractivity (Wildman–Crippen MR) is 88.5 cm³/mol. The molecular weight excluding hydrogens is 266 g/mol. The average Bonchev–Trinajstić information content (AvgIpc) is 3.11. The molecule has 1 fully saturated rings. The fourth-order valence-electron chi connectivity index (χ4n) is 3.09. The van der Waals surface area contributed by atoms with E-state index in [4.69, 9.17) is 5.10 Å². The van der Waals surface area contributed by atoms with E-state index in [1.807, 2.05) is 0 Å². The Kier molecular flexibility index (Phi) is 6.43. The fraction of sp³-hybridized carbons (Fsp3) is 0.812. The normalized spacial score (nSPS) is 20.7. The summed E-state index contributed by atoms with van der Waals surface area (Å²) in [5, 5.41) is 9.25. The standard InChI is InChI=1S/C16H29N3S/c1-4-14(5-2)19-10-9-13(18-19)12-15(17-6-3)16-8-7-11-20-16/h9-10,14-17H,4-8,11-12H2,1-3H3. The molecule has 1 aromatic rings. The van der Waals surface area contributed by atoms with E-state index in [-0.39, 0.29) is 0 Å². The van der Waals surface area contributed by atoms with E-state index in [2.05, 4.69) is 54.8 Å². The van der Waals surface area contributed by atoms with E-state index in [1.54, 1.807) is 0 Å². The monoisotopic (exact) mass is 295 g/mol. The third kappa shape index (κ3) is 4.01. The number of rotatable bonds is 8. The second-order valence-electron chi connectivity index (χ2n) is 5.68. The topological polar surface area (TPSA) is 29.9 Å². The van der Waals surface area contributed by atoms with E-state index < -0.39 is 0 Å². The van der Waals surface area contributed by atoms with Gasteiger partial charge in [-0.1, -0.05) is 20.8 Å². The number of nitrogens with one attached hydrogen (secondary N) is 1. The van der Waals surface area contributed by atoms with Crippen molar-refractivity contribution in [2.75, 3.05) is 12.3 Å². The Morgan fingerprint density at radius 1 is 1.40 bits per heavy atom. The average molecular weight is 295 g/mol. The summed E-state index contributed by atoms with van der Waals surface area (Å²) >= 11 is 2.13. The van der Waals surface area contributed by atoms with Crippen molar-refractivity contribution >= 4 is 11.8 Å². The predicted octanol–water partition coefficient (Wildman–Crippen LogP) is 3.66. The Morgan fingerprint density at radius 3 is 2.80 bits per heavy atom. The summed E-state index contributed by atoms with van der Waals surface area (Å²) in [7, 11) is 0. The summed E-state index contributed by atoms with van der Waals surface area (Å²) in [6.07, 6.45) is 8.28. The summed E-state index contributed by atoms with van der Waals surface area (Å²) in [4.78, 5) is 0. The third-order valence-corrected chi connectivity index (χ3v) is 5.81. The Labute approximate surface area is 127 Å². The van der Waals surface area contributed by atoms with Crippen LogP contribution in [0.3, 0.4) is 0 Å². The maximum Gasteiger partial charge on any atom is 0.0640 e. The Morgan fingerprint density at radius 2 is 2.20 bits per heavy atom. The van der Waals surface area contributed by atoms with Crippen LogP contribution in [0.25, 0.3) is 0 Å². The molecule has 4 heteroatoms. The quantitative estimate of drug-likeness (QED) is 0.794. The van der Waals surface area contributed by atoms with Gasteiger partial charge in [0.2, 0.25) is 0 Å². The molecule has 3 nitrogen and oxygen atoms in total. The maximum absolute atomic E-state index is 4.81. The number of nitrogens with zero attached hydrogens (tertiary/aromatic N) is 2. The molecule has 0 amide bonds. The molecule has 1 saturated heterocycles. The highest BCUT2D eigenvalue weighted by Gasteiger charge is 2.25. The van der Waals surface area contributed by atoms with Crippen molar-refractivity contribution in [3.05, 3.63) is 18.0 Å². The second kappa shape index (κ2) is 8.08. The highest BCUT2D eigenvalue weighted by Crippen LogP contribution is 2.30. The number of thioether (sulfide) groups is 1. The van der Waals surface area contributed by atoms with Crippen LogP contribution in [0.15, 0.2) is 12.3 Å². The lowest BCUT2D eigenvalue weighted by Gasteiger charge is -2.23. The van der Waals surface area contributed by atoms with Crippen LogP contribution in [0.5, 0.6) is 0 Å². The zero-order valence-electron chi connectivity index (χ0n) is 13.1. The van der Waals surface area contributed by atoms with Gasteiger partial charge < -0.3 is 5.32 Å². The molecule has 114 valence electrons. The van der Waals surface area contributed by atoms with Crippen LogP contribution in [-0.2, 0) is 6.42 Å². The molecule has 0 spiro atoms. The Hall–Kier alpha value is -0.480. The molecule has 20 heavy (non-hydrogen) atoms. The molecule has 0 bridgehead atoms. The lowest BCUT2D eigenvalue weighted by Crippen LogP contribution is -2.39. The molecule has 0 aromatic carbocycles. The van der Waals surface area contributed by atoms with Gasteiger partial charge in [0.15, 0.2) is 0 Å². The summed E-state index contributed by atoms with van der Waals surface area (Å²) in [6, 6.07) is 3.35. The summed E-state index contributed by atoms with van der Waals surface area (Å²) < 4.78 is 2.17. The van der Waals surface area contributed by atoms with Gasteiger partial charge in [0.05, 0.1) is 11.7 Å². The Bertz CT molecular complexity index is 381. The largest absolute Gasteiger partial charge is 0.313 e. The van der Waals surface area contributed by atoms with Crippen molar-refractivity contribution < 1.29 is 0 Å². The summed E-state index contributed by atoms with van der Waals surface area (Å²) in [5.74, 6) is 1.33. The molecule has 2 atom stereocenters. The van der Waals surface area contributed by atoms with Gasteiger partial charge in [0.1, 0.15) is 0 Å². The van der Waals surface area contributed by atoms with Gasteiger partial charge in [0, 0.05) is 23.9 Å². The van der Waals surface area contributed by atoms with Crippen molar-refractivity contribution in [2.45, 2.75) is 70.2 Å². The van der Waals surface area contributed by atoms with E-state index in [1.165, 1.54) is 24.3 Å². The SMILES string of the molecule is CCNC(Cc1ccn(C(CC)CC)n1)C1CCCS1. The van der Waals surface area contributed by atoms with Crippen LogP contribution in [0, 0.1) is 0 Å². The van der Waals surface area contributed by atoms with Gasteiger partial charge >= 0.3 is 0 Å². The van der Waals surface area contributed by atoms with Crippen LogP contribution < -0.4 is 5.32 Å². The first-order valence-corrected chi connectivity index (χ1v) is 9.22. The zero-order valence-corrected chi connectivity index (χ0v) is 14.0. The maximum atomic E-state index is 4.81. The number of aromatic nitrogens is 2. The van der Waals surface area contributed by atoms with Gasteiger partial charge in [-0.15, -0.1) is 0 Å². The van der Waals surface area contributed by atoms with Gasteiger partial charge in [-0.2, -0.15) is 16.9 Å². The van der Waals surface area contributed by atoms with Crippen LogP contribution in [0.2, 0.25) is 0 Å². The van der Waals surface area contributed by atoms with Crippen LogP contribution in [-0.4, -0.2) is 33.4 Å². The van der Waals surface area contributed by atoms with Crippen molar-refractivity contribution in [3.8, 4) is 0 Å². The number of hydrogen-bond acceptors (Lipinski definition) is 3.